The molecule has 1 amide bonds. The number of hydrogen-bond acceptors (Lipinski definition) is 2. The lowest BCUT2D eigenvalue weighted by atomic mass is 10.00. The highest BCUT2D eigenvalue weighted by Crippen LogP contribution is 2.17. The fourth-order valence-electron chi connectivity index (χ4n) is 1.97. The van der Waals surface area contributed by atoms with Gasteiger partial charge in [-0.3, -0.25) is 4.79 Å². The van der Waals surface area contributed by atoms with E-state index >= 15 is 0 Å². The number of benzene rings is 1. The molecule has 0 saturated heterocycles. The Morgan fingerprint density at radius 1 is 1.16 bits per heavy atom. The fourth-order valence-corrected chi connectivity index (χ4v) is 1.97. The summed E-state index contributed by atoms with van der Waals surface area (Å²) in [4.78, 5) is 12.1. The van der Waals surface area contributed by atoms with Gasteiger partial charge in [0.05, 0.1) is 12.2 Å². The molecule has 0 saturated carbocycles. The minimum atomic E-state index is -0.134. The second kappa shape index (κ2) is 6.23. The molecule has 1 N–H and O–H groups in total. The summed E-state index contributed by atoms with van der Waals surface area (Å²) in [6.45, 7) is 4.54. The first kappa shape index (κ1) is 13.4. The molecular formula is C16H19NO2. The minimum Gasteiger partial charge on any atom is -0.469 e. The van der Waals surface area contributed by atoms with Gasteiger partial charge in [0, 0.05) is 12.5 Å². The van der Waals surface area contributed by atoms with Crippen molar-refractivity contribution < 1.29 is 9.21 Å². The van der Waals surface area contributed by atoms with Gasteiger partial charge in [0.1, 0.15) is 5.76 Å². The predicted molar refractivity (Wildman–Crippen MR) is 75.0 cm³/mol. The number of carbonyl (C=O) groups excluding carboxylic acids is 1. The van der Waals surface area contributed by atoms with Gasteiger partial charge in [-0.05, 0) is 24.6 Å². The molecule has 3 nitrogen and oxygen atoms in total. The van der Waals surface area contributed by atoms with E-state index in [-0.39, 0.29) is 17.7 Å². The monoisotopic (exact) mass is 257 g/mol. The molecule has 100 valence electrons. The van der Waals surface area contributed by atoms with Crippen molar-refractivity contribution in [2.75, 3.05) is 6.54 Å². The van der Waals surface area contributed by atoms with E-state index in [1.165, 1.54) is 0 Å². The summed E-state index contributed by atoms with van der Waals surface area (Å²) in [6, 6.07) is 13.6. The molecule has 0 bridgehead atoms. The number of nitrogens with one attached hydrogen (secondary N) is 1. The highest BCUT2D eigenvalue weighted by molar-refractivity contribution is 5.83. The second-order valence-corrected chi connectivity index (χ2v) is 4.79. The molecule has 0 radical (unpaired) electrons. The van der Waals surface area contributed by atoms with Crippen molar-refractivity contribution >= 4 is 5.91 Å². The largest absolute Gasteiger partial charge is 0.469 e. The summed E-state index contributed by atoms with van der Waals surface area (Å²) in [5, 5.41) is 2.97. The third kappa shape index (κ3) is 3.47. The topological polar surface area (TPSA) is 42.2 Å². The molecule has 1 heterocycles. The molecule has 1 aromatic heterocycles. The average Bonchev–Trinajstić information content (AvgIpc) is 2.98. The number of carbonyl (C=O) groups is 1. The smallest absolute Gasteiger partial charge is 0.227 e. The maximum Gasteiger partial charge on any atom is 0.227 e. The van der Waals surface area contributed by atoms with Crippen molar-refractivity contribution in [1.82, 2.24) is 5.32 Å². The van der Waals surface area contributed by atoms with E-state index < -0.39 is 0 Å². The molecule has 2 atom stereocenters. The van der Waals surface area contributed by atoms with Gasteiger partial charge >= 0.3 is 0 Å². The molecule has 3 heteroatoms. The zero-order valence-electron chi connectivity index (χ0n) is 11.3. The van der Waals surface area contributed by atoms with Crippen molar-refractivity contribution in [2.24, 2.45) is 0 Å². The van der Waals surface area contributed by atoms with Crippen LogP contribution >= 0.6 is 0 Å². The van der Waals surface area contributed by atoms with Crippen molar-refractivity contribution in [3.8, 4) is 0 Å². The molecular weight excluding hydrogens is 238 g/mol. The zero-order chi connectivity index (χ0) is 13.7. The van der Waals surface area contributed by atoms with Crippen LogP contribution in [0.2, 0.25) is 0 Å². The maximum atomic E-state index is 12.1. The van der Waals surface area contributed by atoms with Gasteiger partial charge in [0.15, 0.2) is 0 Å². The van der Waals surface area contributed by atoms with Crippen LogP contribution in [0.4, 0.5) is 0 Å². The van der Waals surface area contributed by atoms with E-state index in [1.807, 2.05) is 56.3 Å². The molecule has 0 aliphatic rings. The molecule has 0 aliphatic carbocycles. The Morgan fingerprint density at radius 3 is 2.53 bits per heavy atom. The molecule has 1 aromatic carbocycles. The van der Waals surface area contributed by atoms with Crippen LogP contribution in [0.25, 0.3) is 0 Å². The maximum absolute atomic E-state index is 12.1. The summed E-state index contributed by atoms with van der Waals surface area (Å²) < 4.78 is 5.32. The Labute approximate surface area is 113 Å². The number of furan rings is 1. The van der Waals surface area contributed by atoms with Crippen molar-refractivity contribution in [3.63, 3.8) is 0 Å². The lowest BCUT2D eigenvalue weighted by molar-refractivity contribution is -0.122. The van der Waals surface area contributed by atoms with Crippen LogP contribution in [0, 0.1) is 0 Å². The third-order valence-corrected chi connectivity index (χ3v) is 3.30. The second-order valence-electron chi connectivity index (χ2n) is 4.79. The molecule has 0 fully saturated rings. The minimum absolute atomic E-state index is 0.0459. The first-order valence-electron chi connectivity index (χ1n) is 6.54. The number of hydrogen-bond donors (Lipinski definition) is 1. The van der Waals surface area contributed by atoms with Crippen molar-refractivity contribution in [3.05, 3.63) is 60.1 Å². The first-order chi connectivity index (χ1) is 9.18. The van der Waals surface area contributed by atoms with Crippen LogP contribution in [0.1, 0.15) is 37.0 Å². The Balaban J connectivity index is 1.88. The van der Waals surface area contributed by atoms with Crippen LogP contribution in [0.5, 0.6) is 0 Å². The lowest BCUT2D eigenvalue weighted by Crippen LogP contribution is -2.31. The summed E-state index contributed by atoms with van der Waals surface area (Å²) in [5.41, 5.74) is 1.03. The summed E-state index contributed by atoms with van der Waals surface area (Å²) in [6.07, 6.45) is 1.65. The Bertz CT molecular complexity index is 505. The SMILES string of the molecule is CC(CNC(=O)C(C)c1ccccc1)c1ccco1. The summed E-state index contributed by atoms with van der Waals surface area (Å²) in [5.74, 6) is 0.990. The van der Waals surface area contributed by atoms with E-state index in [4.69, 9.17) is 4.42 Å². The Hall–Kier alpha value is -2.03. The van der Waals surface area contributed by atoms with Gasteiger partial charge in [-0.2, -0.15) is 0 Å². The van der Waals surface area contributed by atoms with Gasteiger partial charge in [0.25, 0.3) is 0 Å². The Kier molecular flexibility index (Phi) is 4.39. The molecule has 0 spiro atoms. The van der Waals surface area contributed by atoms with Crippen LogP contribution < -0.4 is 5.32 Å². The standard InChI is InChI=1S/C16H19NO2/c1-12(15-9-6-10-19-15)11-17-16(18)13(2)14-7-4-3-5-8-14/h3-10,12-13H,11H2,1-2H3,(H,17,18). The van der Waals surface area contributed by atoms with Crippen molar-refractivity contribution in [1.29, 1.82) is 0 Å². The van der Waals surface area contributed by atoms with Gasteiger partial charge < -0.3 is 9.73 Å². The van der Waals surface area contributed by atoms with E-state index in [0.29, 0.717) is 6.54 Å². The normalized spacial score (nSPS) is 13.8. The molecule has 2 aromatic rings. The quantitative estimate of drug-likeness (QED) is 0.893. The van der Waals surface area contributed by atoms with Crippen LogP contribution in [0.15, 0.2) is 53.1 Å². The number of amides is 1. The van der Waals surface area contributed by atoms with Crippen LogP contribution in [-0.2, 0) is 4.79 Å². The highest BCUT2D eigenvalue weighted by atomic mass is 16.3. The highest BCUT2D eigenvalue weighted by Gasteiger charge is 2.16. The van der Waals surface area contributed by atoms with E-state index in [0.717, 1.165) is 11.3 Å². The Morgan fingerprint density at radius 2 is 1.89 bits per heavy atom. The van der Waals surface area contributed by atoms with Gasteiger partial charge in [0.2, 0.25) is 5.91 Å². The van der Waals surface area contributed by atoms with E-state index in [1.54, 1.807) is 6.26 Å². The van der Waals surface area contributed by atoms with Crippen molar-refractivity contribution in [2.45, 2.75) is 25.7 Å². The van der Waals surface area contributed by atoms with Gasteiger partial charge in [-0.1, -0.05) is 37.3 Å². The summed E-state index contributed by atoms with van der Waals surface area (Å²) >= 11 is 0. The average molecular weight is 257 g/mol. The predicted octanol–water partition coefficient (Wildman–Crippen LogP) is 3.30. The molecule has 0 aliphatic heterocycles. The van der Waals surface area contributed by atoms with Gasteiger partial charge in [-0.25, -0.2) is 0 Å². The third-order valence-electron chi connectivity index (χ3n) is 3.30. The van der Waals surface area contributed by atoms with E-state index in [9.17, 15) is 4.79 Å². The molecule has 19 heavy (non-hydrogen) atoms. The van der Waals surface area contributed by atoms with Gasteiger partial charge in [-0.15, -0.1) is 0 Å². The molecule has 2 unspecified atom stereocenters. The first-order valence-corrected chi connectivity index (χ1v) is 6.54. The van der Waals surface area contributed by atoms with Crippen LogP contribution in [-0.4, -0.2) is 12.5 Å². The van der Waals surface area contributed by atoms with E-state index in [2.05, 4.69) is 5.32 Å². The zero-order valence-corrected chi connectivity index (χ0v) is 11.3. The summed E-state index contributed by atoms with van der Waals surface area (Å²) in [7, 11) is 0. The lowest BCUT2D eigenvalue weighted by Gasteiger charge is -2.15. The molecule has 2 rings (SSSR count). The van der Waals surface area contributed by atoms with Crippen LogP contribution in [0.3, 0.4) is 0 Å². The fraction of sp³-hybridized carbons (Fsp3) is 0.312. The number of rotatable bonds is 5.